The molecule has 0 amide bonds. The molecule has 1 N–H and O–H groups in total. The molecule has 0 saturated heterocycles. The van der Waals surface area contributed by atoms with Gasteiger partial charge in [0.25, 0.3) is 0 Å². The number of nitrogens with zero attached hydrogens (tertiary/aromatic N) is 2. The summed E-state index contributed by atoms with van der Waals surface area (Å²) in [5.41, 5.74) is 2.99. The van der Waals surface area contributed by atoms with E-state index in [1.54, 1.807) is 18.4 Å². The van der Waals surface area contributed by atoms with Crippen LogP contribution in [-0.2, 0) is 6.54 Å². The number of aromatic nitrogens is 2. The molecule has 0 aliphatic heterocycles. The van der Waals surface area contributed by atoms with Crippen molar-refractivity contribution in [2.24, 2.45) is 0 Å². The zero-order valence-corrected chi connectivity index (χ0v) is 10.7. The fourth-order valence-corrected chi connectivity index (χ4v) is 2.10. The van der Waals surface area contributed by atoms with Crippen molar-refractivity contribution in [2.45, 2.75) is 19.5 Å². The molecule has 4 nitrogen and oxygen atoms in total. The standard InChI is InChI=1S/C12H15N3OS/c1-9(11-7-13-8-17-11)14-5-10-3-4-12(16-2)15-6-10/h3-4,6-9,14H,5H2,1-2H3. The minimum Gasteiger partial charge on any atom is -0.481 e. The Morgan fingerprint density at radius 1 is 1.41 bits per heavy atom. The quantitative estimate of drug-likeness (QED) is 0.884. The first kappa shape index (κ1) is 12.0. The zero-order chi connectivity index (χ0) is 12.1. The van der Waals surface area contributed by atoms with Gasteiger partial charge in [-0.25, -0.2) is 4.98 Å². The minimum atomic E-state index is 0.310. The highest BCUT2D eigenvalue weighted by Crippen LogP contribution is 2.16. The van der Waals surface area contributed by atoms with E-state index >= 15 is 0 Å². The molecule has 0 aromatic carbocycles. The average molecular weight is 249 g/mol. The van der Waals surface area contributed by atoms with Crippen molar-refractivity contribution in [3.05, 3.63) is 40.5 Å². The van der Waals surface area contributed by atoms with Crippen LogP contribution in [0.1, 0.15) is 23.4 Å². The molecule has 0 aliphatic carbocycles. The molecule has 0 bridgehead atoms. The lowest BCUT2D eigenvalue weighted by molar-refractivity contribution is 0.397. The maximum Gasteiger partial charge on any atom is 0.212 e. The van der Waals surface area contributed by atoms with Crippen LogP contribution in [0.2, 0.25) is 0 Å². The van der Waals surface area contributed by atoms with Crippen LogP contribution in [0.25, 0.3) is 0 Å². The molecule has 2 aromatic rings. The molecule has 2 heterocycles. The largest absolute Gasteiger partial charge is 0.481 e. The fraction of sp³-hybridized carbons (Fsp3) is 0.333. The third kappa shape index (κ3) is 3.25. The van der Waals surface area contributed by atoms with Gasteiger partial charge in [0.1, 0.15) is 0 Å². The normalized spacial score (nSPS) is 12.4. The van der Waals surface area contributed by atoms with E-state index in [0.717, 1.165) is 12.1 Å². The third-order valence-corrected chi connectivity index (χ3v) is 3.46. The first-order valence-corrected chi connectivity index (χ1v) is 6.28. The van der Waals surface area contributed by atoms with Crippen LogP contribution in [0.15, 0.2) is 30.0 Å². The Balaban J connectivity index is 1.89. The SMILES string of the molecule is COc1ccc(CNC(C)c2cncs2)cn1. The van der Waals surface area contributed by atoms with Gasteiger partial charge >= 0.3 is 0 Å². The lowest BCUT2D eigenvalue weighted by Crippen LogP contribution is -2.17. The van der Waals surface area contributed by atoms with Crippen molar-refractivity contribution in [1.82, 2.24) is 15.3 Å². The van der Waals surface area contributed by atoms with E-state index in [0.29, 0.717) is 11.9 Å². The highest BCUT2D eigenvalue weighted by atomic mass is 32.1. The van der Waals surface area contributed by atoms with Gasteiger partial charge in [-0.1, -0.05) is 6.07 Å². The smallest absolute Gasteiger partial charge is 0.212 e. The monoisotopic (exact) mass is 249 g/mol. The highest BCUT2D eigenvalue weighted by molar-refractivity contribution is 7.09. The lowest BCUT2D eigenvalue weighted by atomic mass is 10.2. The van der Waals surface area contributed by atoms with Crippen molar-refractivity contribution in [3.63, 3.8) is 0 Å². The Morgan fingerprint density at radius 2 is 2.29 bits per heavy atom. The zero-order valence-electron chi connectivity index (χ0n) is 9.88. The number of ether oxygens (including phenoxy) is 1. The summed E-state index contributed by atoms with van der Waals surface area (Å²) in [5, 5.41) is 3.43. The number of rotatable bonds is 5. The van der Waals surface area contributed by atoms with Gasteiger partial charge in [0.2, 0.25) is 5.88 Å². The van der Waals surface area contributed by atoms with E-state index in [4.69, 9.17) is 4.74 Å². The maximum absolute atomic E-state index is 5.02. The summed E-state index contributed by atoms with van der Waals surface area (Å²) in [6, 6.07) is 4.19. The van der Waals surface area contributed by atoms with Crippen LogP contribution in [0.5, 0.6) is 5.88 Å². The second kappa shape index (κ2) is 5.75. The van der Waals surface area contributed by atoms with Crippen molar-refractivity contribution in [3.8, 4) is 5.88 Å². The molecule has 5 heteroatoms. The van der Waals surface area contributed by atoms with E-state index in [-0.39, 0.29) is 0 Å². The van der Waals surface area contributed by atoms with Gasteiger partial charge in [-0.3, -0.25) is 4.98 Å². The molecule has 2 aromatic heterocycles. The summed E-state index contributed by atoms with van der Waals surface area (Å²) >= 11 is 1.66. The van der Waals surface area contributed by atoms with Gasteiger partial charge in [-0.2, -0.15) is 0 Å². The summed E-state index contributed by atoms with van der Waals surface area (Å²) in [7, 11) is 1.62. The predicted octanol–water partition coefficient (Wildman–Crippen LogP) is 2.40. The fourth-order valence-electron chi connectivity index (χ4n) is 1.45. The first-order chi connectivity index (χ1) is 8.29. The summed E-state index contributed by atoms with van der Waals surface area (Å²) in [6.45, 7) is 2.92. The molecule has 0 radical (unpaired) electrons. The Bertz CT molecular complexity index is 441. The molecule has 0 fully saturated rings. The van der Waals surface area contributed by atoms with Crippen LogP contribution >= 0.6 is 11.3 Å². The molecule has 17 heavy (non-hydrogen) atoms. The van der Waals surface area contributed by atoms with E-state index in [1.165, 1.54) is 4.88 Å². The topological polar surface area (TPSA) is 47.0 Å². The predicted molar refractivity (Wildman–Crippen MR) is 68.2 cm³/mol. The molecular formula is C12H15N3OS. The molecule has 0 aliphatic rings. The number of hydrogen-bond acceptors (Lipinski definition) is 5. The van der Waals surface area contributed by atoms with Crippen LogP contribution in [-0.4, -0.2) is 17.1 Å². The molecule has 1 atom stereocenters. The maximum atomic E-state index is 5.02. The van der Waals surface area contributed by atoms with Gasteiger partial charge in [0.15, 0.2) is 0 Å². The van der Waals surface area contributed by atoms with E-state index in [9.17, 15) is 0 Å². The van der Waals surface area contributed by atoms with Crippen LogP contribution in [0, 0.1) is 0 Å². The summed E-state index contributed by atoms with van der Waals surface area (Å²) < 4.78 is 5.02. The molecular weight excluding hydrogens is 234 g/mol. The van der Waals surface area contributed by atoms with Gasteiger partial charge in [0.05, 0.1) is 12.6 Å². The van der Waals surface area contributed by atoms with Gasteiger partial charge < -0.3 is 10.1 Å². The van der Waals surface area contributed by atoms with Crippen LogP contribution in [0.4, 0.5) is 0 Å². The number of nitrogens with one attached hydrogen (secondary N) is 1. The summed E-state index contributed by atoms with van der Waals surface area (Å²) in [4.78, 5) is 9.48. The molecule has 0 saturated carbocycles. The summed E-state index contributed by atoms with van der Waals surface area (Å²) in [5.74, 6) is 0.643. The van der Waals surface area contributed by atoms with Crippen LogP contribution < -0.4 is 10.1 Å². The molecule has 2 rings (SSSR count). The number of pyridine rings is 1. The molecule has 0 spiro atoms. The van der Waals surface area contributed by atoms with Gasteiger partial charge in [0, 0.05) is 35.9 Å². The second-order valence-electron chi connectivity index (χ2n) is 3.72. The van der Waals surface area contributed by atoms with E-state index in [2.05, 4.69) is 22.2 Å². The van der Waals surface area contributed by atoms with Crippen molar-refractivity contribution in [1.29, 1.82) is 0 Å². The number of methoxy groups -OCH3 is 1. The lowest BCUT2D eigenvalue weighted by Gasteiger charge is -2.11. The van der Waals surface area contributed by atoms with Gasteiger partial charge in [-0.15, -0.1) is 11.3 Å². The molecule has 90 valence electrons. The van der Waals surface area contributed by atoms with Crippen molar-refractivity contribution < 1.29 is 4.74 Å². The number of hydrogen-bond donors (Lipinski definition) is 1. The Hall–Kier alpha value is -1.46. The number of thiazole rings is 1. The minimum absolute atomic E-state index is 0.310. The van der Waals surface area contributed by atoms with Crippen molar-refractivity contribution >= 4 is 11.3 Å². The van der Waals surface area contributed by atoms with Crippen molar-refractivity contribution in [2.75, 3.05) is 7.11 Å². The molecule has 1 unspecified atom stereocenters. The van der Waals surface area contributed by atoms with Crippen LogP contribution in [0.3, 0.4) is 0 Å². The Labute approximate surface area is 105 Å². The Kier molecular flexibility index (Phi) is 4.06. The first-order valence-electron chi connectivity index (χ1n) is 5.40. The highest BCUT2D eigenvalue weighted by Gasteiger charge is 2.06. The van der Waals surface area contributed by atoms with E-state index in [1.807, 2.05) is 30.0 Å². The third-order valence-electron chi connectivity index (χ3n) is 2.50. The summed E-state index contributed by atoms with van der Waals surface area (Å²) in [6.07, 6.45) is 3.72. The van der Waals surface area contributed by atoms with Gasteiger partial charge in [-0.05, 0) is 12.5 Å². The average Bonchev–Trinajstić information content (AvgIpc) is 2.90. The van der Waals surface area contributed by atoms with E-state index < -0.39 is 0 Å². The Morgan fingerprint density at radius 3 is 2.88 bits per heavy atom. The second-order valence-corrected chi connectivity index (χ2v) is 4.63.